The molecular formula is C36H30F2N4O6. The number of carboxylic acid groups (broad SMARTS) is 1. The van der Waals surface area contributed by atoms with Crippen molar-refractivity contribution >= 4 is 29.2 Å². The monoisotopic (exact) mass is 652 g/mol. The fraction of sp³-hybridized carbons (Fsp3) is 0.111. The lowest BCUT2D eigenvalue weighted by atomic mass is 10.0. The molecule has 0 spiro atoms. The van der Waals surface area contributed by atoms with Gasteiger partial charge < -0.3 is 30.9 Å². The van der Waals surface area contributed by atoms with Crippen LogP contribution in [0, 0.1) is 11.6 Å². The number of benzene rings is 4. The number of amides is 2. The van der Waals surface area contributed by atoms with Gasteiger partial charge in [0, 0.05) is 29.9 Å². The van der Waals surface area contributed by atoms with E-state index in [9.17, 15) is 28.3 Å². The summed E-state index contributed by atoms with van der Waals surface area (Å²) in [5.41, 5.74) is 8.96. The number of pyridine rings is 1. The van der Waals surface area contributed by atoms with E-state index in [1.165, 1.54) is 13.0 Å². The van der Waals surface area contributed by atoms with Crippen LogP contribution >= 0.6 is 0 Å². The van der Waals surface area contributed by atoms with Crippen molar-refractivity contribution in [2.24, 2.45) is 5.73 Å². The summed E-state index contributed by atoms with van der Waals surface area (Å²) in [5.74, 6) is -6.15. The fourth-order valence-electron chi connectivity index (χ4n) is 4.69. The van der Waals surface area contributed by atoms with E-state index in [4.69, 9.17) is 15.2 Å². The van der Waals surface area contributed by atoms with Gasteiger partial charge in [-0.3, -0.25) is 9.59 Å². The Morgan fingerprint density at radius 1 is 0.812 bits per heavy atom. The summed E-state index contributed by atoms with van der Waals surface area (Å²) in [7, 11) is 0. The quantitative estimate of drug-likeness (QED) is 0.112. The zero-order valence-corrected chi connectivity index (χ0v) is 25.6. The number of para-hydroxylation sites is 1. The molecule has 0 aliphatic heterocycles. The number of nitrogens with one attached hydrogen (secondary N) is 2. The number of ether oxygens (including phenoxy) is 2. The molecule has 0 bridgehead atoms. The minimum absolute atomic E-state index is 0.000788. The maximum absolute atomic E-state index is 14.9. The second-order valence-electron chi connectivity index (χ2n) is 10.5. The topological polar surface area (TPSA) is 153 Å². The van der Waals surface area contributed by atoms with Gasteiger partial charge in [-0.05, 0) is 65.6 Å². The summed E-state index contributed by atoms with van der Waals surface area (Å²) in [4.78, 5) is 41.6. The van der Waals surface area contributed by atoms with E-state index >= 15 is 0 Å². The van der Waals surface area contributed by atoms with Gasteiger partial charge in [0.05, 0.1) is 11.3 Å². The molecule has 5 aromatic rings. The van der Waals surface area contributed by atoms with Crippen molar-refractivity contribution in [2.75, 3.05) is 10.6 Å². The third-order valence-electron chi connectivity index (χ3n) is 7.10. The molecule has 0 fully saturated rings. The molecule has 1 atom stereocenters. The maximum atomic E-state index is 14.9. The Balaban J connectivity index is 1.49. The van der Waals surface area contributed by atoms with E-state index in [1.807, 2.05) is 12.1 Å². The van der Waals surface area contributed by atoms with Crippen LogP contribution in [-0.4, -0.2) is 34.0 Å². The van der Waals surface area contributed by atoms with Gasteiger partial charge in [0.2, 0.25) is 0 Å². The Morgan fingerprint density at radius 2 is 1.54 bits per heavy atom. The summed E-state index contributed by atoms with van der Waals surface area (Å²) in [6.07, 6.45) is -1.43. The molecule has 2 amide bonds. The SMILES string of the molecule is CC[C@@H](Oc1nc(Oc2cc(NC(=O)c3ccccc3NC(=O)c3ccccc3)cc(-c3cccc(CN)c3)c2)c(F)cc1F)C(=O)O. The number of hydrogen-bond acceptors (Lipinski definition) is 7. The summed E-state index contributed by atoms with van der Waals surface area (Å²) in [6, 6.07) is 27.3. The molecule has 12 heteroatoms. The fourth-order valence-corrected chi connectivity index (χ4v) is 4.69. The number of nitrogens with zero attached hydrogens (tertiary/aromatic N) is 1. The molecule has 4 aromatic carbocycles. The van der Waals surface area contributed by atoms with Crippen LogP contribution in [-0.2, 0) is 11.3 Å². The van der Waals surface area contributed by atoms with Crippen LogP contribution in [0.4, 0.5) is 20.2 Å². The first-order valence-corrected chi connectivity index (χ1v) is 14.8. The molecule has 1 heterocycles. The number of aliphatic carboxylic acids is 1. The van der Waals surface area contributed by atoms with Gasteiger partial charge in [-0.1, -0.05) is 55.5 Å². The van der Waals surface area contributed by atoms with E-state index in [0.29, 0.717) is 22.8 Å². The van der Waals surface area contributed by atoms with Crippen molar-refractivity contribution in [1.82, 2.24) is 4.98 Å². The predicted octanol–water partition coefficient (Wildman–Crippen LogP) is 7.02. The van der Waals surface area contributed by atoms with Crippen LogP contribution in [0.25, 0.3) is 11.1 Å². The zero-order valence-electron chi connectivity index (χ0n) is 25.6. The van der Waals surface area contributed by atoms with Crippen molar-refractivity contribution in [3.05, 3.63) is 131 Å². The van der Waals surface area contributed by atoms with Crippen LogP contribution in [0.5, 0.6) is 17.5 Å². The first-order valence-electron chi connectivity index (χ1n) is 14.8. The summed E-state index contributed by atoms with van der Waals surface area (Å²) < 4.78 is 40.3. The van der Waals surface area contributed by atoms with Crippen molar-refractivity contribution in [1.29, 1.82) is 0 Å². The average Bonchev–Trinajstić information content (AvgIpc) is 3.09. The number of carbonyl (C=O) groups is 3. The second-order valence-corrected chi connectivity index (χ2v) is 10.5. The van der Waals surface area contributed by atoms with Gasteiger partial charge in [-0.15, -0.1) is 0 Å². The molecule has 0 radical (unpaired) electrons. The van der Waals surface area contributed by atoms with Gasteiger partial charge in [0.25, 0.3) is 23.6 Å². The van der Waals surface area contributed by atoms with Crippen LogP contribution in [0.2, 0.25) is 0 Å². The summed E-state index contributed by atoms with van der Waals surface area (Å²) in [5, 5.41) is 14.9. The van der Waals surface area contributed by atoms with Gasteiger partial charge in [0.15, 0.2) is 17.7 Å². The molecule has 0 saturated heterocycles. The molecule has 1 aromatic heterocycles. The minimum Gasteiger partial charge on any atom is -0.479 e. The molecule has 0 unspecified atom stereocenters. The molecule has 48 heavy (non-hydrogen) atoms. The normalized spacial score (nSPS) is 11.3. The Morgan fingerprint density at radius 3 is 2.27 bits per heavy atom. The number of anilines is 2. The van der Waals surface area contributed by atoms with Gasteiger partial charge in [-0.2, -0.15) is 4.98 Å². The number of carboxylic acids is 1. The zero-order chi connectivity index (χ0) is 34.2. The van der Waals surface area contributed by atoms with E-state index in [-0.39, 0.29) is 35.7 Å². The molecule has 5 rings (SSSR count). The molecule has 0 aliphatic carbocycles. The highest BCUT2D eigenvalue weighted by atomic mass is 19.1. The van der Waals surface area contributed by atoms with Gasteiger partial charge >= 0.3 is 5.97 Å². The first kappa shape index (κ1) is 33.2. The van der Waals surface area contributed by atoms with Gasteiger partial charge in [0.1, 0.15) is 5.75 Å². The lowest BCUT2D eigenvalue weighted by molar-refractivity contribution is -0.145. The number of carbonyl (C=O) groups excluding carboxylic acids is 2. The summed E-state index contributed by atoms with van der Waals surface area (Å²) >= 11 is 0. The van der Waals surface area contributed by atoms with Crippen molar-refractivity contribution in [3.63, 3.8) is 0 Å². The molecule has 0 saturated carbocycles. The van der Waals surface area contributed by atoms with Crippen molar-refractivity contribution in [3.8, 4) is 28.6 Å². The summed E-state index contributed by atoms with van der Waals surface area (Å²) in [6.45, 7) is 1.79. The van der Waals surface area contributed by atoms with E-state index in [2.05, 4.69) is 15.6 Å². The number of nitrogens with two attached hydrogens (primary N) is 1. The molecule has 10 nitrogen and oxygen atoms in total. The standard InChI is InChI=1S/C36H30F2N4O6/c1-2-31(36(45)46)48-35-29(38)19-28(37)34(42-35)47-26-17-24(23-12-8-9-21(15-23)20-39)16-25(18-26)40-33(44)27-13-6-7-14-30(27)41-32(43)22-10-4-3-5-11-22/h3-19,31H,2,20,39H2,1H3,(H,40,44)(H,41,43)(H,45,46)/t31-/m1/s1. The van der Waals surface area contributed by atoms with E-state index in [1.54, 1.807) is 78.9 Å². The van der Waals surface area contributed by atoms with Crippen LogP contribution in [0.15, 0.2) is 103 Å². The van der Waals surface area contributed by atoms with Crippen molar-refractivity contribution < 1.29 is 37.7 Å². The highest BCUT2D eigenvalue weighted by Gasteiger charge is 2.23. The molecule has 5 N–H and O–H groups in total. The third kappa shape index (κ3) is 7.98. The number of rotatable bonds is 12. The van der Waals surface area contributed by atoms with E-state index < -0.39 is 47.3 Å². The first-order chi connectivity index (χ1) is 23.1. The number of hydrogen-bond donors (Lipinski definition) is 4. The number of aromatic nitrogens is 1. The van der Waals surface area contributed by atoms with Gasteiger partial charge in [-0.25, -0.2) is 13.6 Å². The second kappa shape index (κ2) is 15.0. The Labute approximate surface area is 274 Å². The lowest BCUT2D eigenvalue weighted by Crippen LogP contribution is -2.26. The van der Waals surface area contributed by atoms with Crippen LogP contribution in [0.1, 0.15) is 39.6 Å². The molecular weight excluding hydrogens is 622 g/mol. The van der Waals surface area contributed by atoms with Crippen LogP contribution in [0.3, 0.4) is 0 Å². The average molecular weight is 653 g/mol. The number of halogens is 2. The van der Waals surface area contributed by atoms with Crippen molar-refractivity contribution in [2.45, 2.75) is 26.0 Å². The Kier molecular flexibility index (Phi) is 10.4. The third-order valence-corrected chi connectivity index (χ3v) is 7.10. The highest BCUT2D eigenvalue weighted by molar-refractivity contribution is 6.12. The largest absolute Gasteiger partial charge is 0.479 e. The predicted molar refractivity (Wildman–Crippen MR) is 175 cm³/mol. The smallest absolute Gasteiger partial charge is 0.344 e. The maximum Gasteiger partial charge on any atom is 0.344 e. The van der Waals surface area contributed by atoms with Crippen LogP contribution < -0.4 is 25.8 Å². The lowest BCUT2D eigenvalue weighted by Gasteiger charge is -2.16. The minimum atomic E-state index is -1.43. The highest BCUT2D eigenvalue weighted by Crippen LogP contribution is 2.34. The Hall–Kier alpha value is -6.14. The molecule has 244 valence electrons. The Bertz CT molecular complexity index is 1970. The molecule has 0 aliphatic rings. The van der Waals surface area contributed by atoms with E-state index in [0.717, 1.165) is 5.56 Å².